The third kappa shape index (κ3) is 4.18. The van der Waals surface area contributed by atoms with Crippen molar-refractivity contribution in [1.82, 2.24) is 20.1 Å². The van der Waals surface area contributed by atoms with Gasteiger partial charge in [0, 0.05) is 36.7 Å². The molecule has 0 bridgehead atoms. The van der Waals surface area contributed by atoms with Crippen LogP contribution >= 0.6 is 0 Å². The monoisotopic (exact) mass is 438 g/mol. The smallest absolute Gasteiger partial charge is 0.225 e. The number of amides is 1. The quantitative estimate of drug-likeness (QED) is 0.584. The van der Waals surface area contributed by atoms with Crippen LogP contribution < -0.4 is 19.5 Å². The highest BCUT2D eigenvalue weighted by Crippen LogP contribution is 2.34. The lowest BCUT2D eigenvalue weighted by Gasteiger charge is -2.24. The first kappa shape index (κ1) is 21.5. The Morgan fingerprint density at radius 2 is 1.75 bits per heavy atom. The van der Waals surface area contributed by atoms with Crippen molar-refractivity contribution in [3.05, 3.63) is 47.8 Å². The molecule has 0 saturated carbocycles. The van der Waals surface area contributed by atoms with Crippen molar-refractivity contribution >= 4 is 5.91 Å². The number of aromatic hydroxyl groups is 1. The largest absolute Gasteiger partial charge is 0.508 e. The van der Waals surface area contributed by atoms with Gasteiger partial charge in [-0.15, -0.1) is 10.2 Å². The van der Waals surface area contributed by atoms with Gasteiger partial charge in [0.05, 0.1) is 27.2 Å². The minimum absolute atomic E-state index is 0.0437. The van der Waals surface area contributed by atoms with Crippen molar-refractivity contribution in [3.8, 4) is 34.4 Å². The number of rotatable bonds is 7. The van der Waals surface area contributed by atoms with E-state index in [4.69, 9.17) is 14.2 Å². The molecule has 1 atom stereocenters. The standard InChI is InChI=1S/C23H26N4O5/c1-30-18-11-20(32-3)19(31-2)10-16(18)12-24-23(29)15-6-9-21-25-26-22(27(21)13-15)14-4-7-17(28)8-5-14/h4-5,7-8,10-11,15,28H,6,9,12-13H2,1-3H3,(H,24,29)/t15-/m1/s1. The second-order valence-electron chi connectivity index (χ2n) is 7.57. The summed E-state index contributed by atoms with van der Waals surface area (Å²) in [6, 6.07) is 10.4. The van der Waals surface area contributed by atoms with E-state index in [1.54, 1.807) is 57.7 Å². The fraction of sp³-hybridized carbons (Fsp3) is 0.348. The summed E-state index contributed by atoms with van der Waals surface area (Å²) in [5.41, 5.74) is 1.64. The SMILES string of the molecule is COc1cc(OC)c(OC)cc1CNC(=O)[C@@H]1CCc2nnc(-c3ccc(O)cc3)n2C1. The van der Waals surface area contributed by atoms with Crippen LogP contribution in [0, 0.1) is 5.92 Å². The van der Waals surface area contributed by atoms with Crippen LogP contribution in [0.1, 0.15) is 17.8 Å². The number of benzene rings is 2. The zero-order valence-electron chi connectivity index (χ0n) is 18.3. The number of nitrogens with one attached hydrogen (secondary N) is 1. The molecule has 1 aliphatic rings. The van der Waals surface area contributed by atoms with Gasteiger partial charge in [-0.25, -0.2) is 0 Å². The van der Waals surface area contributed by atoms with Gasteiger partial charge < -0.3 is 29.2 Å². The molecule has 0 radical (unpaired) electrons. The molecule has 0 aliphatic carbocycles. The molecule has 0 saturated heterocycles. The molecule has 32 heavy (non-hydrogen) atoms. The zero-order chi connectivity index (χ0) is 22.7. The third-order valence-corrected chi connectivity index (χ3v) is 5.68. The highest BCUT2D eigenvalue weighted by atomic mass is 16.5. The normalized spacial score (nSPS) is 15.0. The molecule has 1 aliphatic heterocycles. The maximum Gasteiger partial charge on any atom is 0.225 e. The van der Waals surface area contributed by atoms with Crippen LogP contribution in [0.25, 0.3) is 11.4 Å². The molecule has 9 nitrogen and oxygen atoms in total. The number of ether oxygens (including phenoxy) is 3. The van der Waals surface area contributed by atoms with Crippen molar-refractivity contribution in [2.45, 2.75) is 25.9 Å². The number of aromatic nitrogens is 3. The van der Waals surface area contributed by atoms with E-state index in [0.717, 1.165) is 17.0 Å². The van der Waals surface area contributed by atoms with E-state index < -0.39 is 0 Å². The van der Waals surface area contributed by atoms with E-state index in [-0.39, 0.29) is 17.6 Å². The van der Waals surface area contributed by atoms with Crippen molar-refractivity contribution < 1.29 is 24.1 Å². The summed E-state index contributed by atoms with van der Waals surface area (Å²) < 4.78 is 18.1. The minimum Gasteiger partial charge on any atom is -0.508 e. The van der Waals surface area contributed by atoms with Gasteiger partial charge in [0.15, 0.2) is 17.3 Å². The fourth-order valence-electron chi connectivity index (χ4n) is 3.92. The molecule has 1 amide bonds. The number of hydrogen-bond acceptors (Lipinski definition) is 7. The molecule has 9 heteroatoms. The highest BCUT2D eigenvalue weighted by Gasteiger charge is 2.28. The van der Waals surface area contributed by atoms with Crippen LogP contribution in [0.2, 0.25) is 0 Å². The fourth-order valence-corrected chi connectivity index (χ4v) is 3.92. The second kappa shape index (κ2) is 9.17. The molecule has 2 heterocycles. The van der Waals surface area contributed by atoms with Gasteiger partial charge >= 0.3 is 0 Å². The maximum absolute atomic E-state index is 13.0. The first-order valence-electron chi connectivity index (χ1n) is 10.3. The molecule has 168 valence electrons. The van der Waals surface area contributed by atoms with Crippen molar-refractivity contribution in [3.63, 3.8) is 0 Å². The predicted octanol–water partition coefficient (Wildman–Crippen LogP) is 2.56. The van der Waals surface area contributed by atoms with Crippen LogP contribution in [0.15, 0.2) is 36.4 Å². The lowest BCUT2D eigenvalue weighted by atomic mass is 9.98. The zero-order valence-corrected chi connectivity index (χ0v) is 18.3. The lowest BCUT2D eigenvalue weighted by Crippen LogP contribution is -2.36. The van der Waals surface area contributed by atoms with Gasteiger partial charge in [-0.3, -0.25) is 4.79 Å². The Bertz CT molecular complexity index is 1110. The Labute approximate surface area is 185 Å². The van der Waals surface area contributed by atoms with Gasteiger partial charge in [0.25, 0.3) is 0 Å². The molecule has 3 aromatic rings. The number of methoxy groups -OCH3 is 3. The van der Waals surface area contributed by atoms with Crippen molar-refractivity contribution in [1.29, 1.82) is 0 Å². The minimum atomic E-state index is -0.208. The van der Waals surface area contributed by atoms with E-state index in [0.29, 0.717) is 49.0 Å². The predicted molar refractivity (Wildman–Crippen MR) is 117 cm³/mol. The summed E-state index contributed by atoms with van der Waals surface area (Å²) in [4.78, 5) is 13.0. The Morgan fingerprint density at radius 1 is 1.06 bits per heavy atom. The number of fused-ring (bicyclic) bond motifs is 1. The number of carbonyl (C=O) groups is 1. The van der Waals surface area contributed by atoms with Crippen LogP contribution in [-0.2, 0) is 24.3 Å². The molecule has 4 rings (SSSR count). The first-order valence-corrected chi connectivity index (χ1v) is 10.3. The van der Waals surface area contributed by atoms with E-state index >= 15 is 0 Å². The molecular weight excluding hydrogens is 412 g/mol. The van der Waals surface area contributed by atoms with Gasteiger partial charge in [0.2, 0.25) is 5.91 Å². The first-order chi connectivity index (χ1) is 15.5. The van der Waals surface area contributed by atoms with E-state index in [1.807, 2.05) is 4.57 Å². The van der Waals surface area contributed by atoms with Gasteiger partial charge in [-0.1, -0.05) is 0 Å². The number of hydrogen-bond donors (Lipinski definition) is 2. The van der Waals surface area contributed by atoms with Crippen molar-refractivity contribution in [2.75, 3.05) is 21.3 Å². The molecular formula is C23H26N4O5. The number of carbonyl (C=O) groups excluding carboxylic acids is 1. The van der Waals surface area contributed by atoms with Crippen molar-refractivity contribution in [2.24, 2.45) is 5.92 Å². The van der Waals surface area contributed by atoms with Gasteiger partial charge in [0.1, 0.15) is 17.3 Å². The molecule has 2 N–H and O–H groups in total. The summed E-state index contributed by atoms with van der Waals surface area (Å²) >= 11 is 0. The van der Waals surface area contributed by atoms with E-state index in [9.17, 15) is 9.90 Å². The summed E-state index contributed by atoms with van der Waals surface area (Å²) in [5.74, 6) is 3.24. The van der Waals surface area contributed by atoms with Gasteiger partial charge in [-0.05, 0) is 36.8 Å². The van der Waals surface area contributed by atoms with E-state index in [1.165, 1.54) is 0 Å². The topological polar surface area (TPSA) is 108 Å². The molecule has 1 aromatic heterocycles. The molecule has 2 aromatic carbocycles. The lowest BCUT2D eigenvalue weighted by molar-refractivity contribution is -0.126. The Balaban J connectivity index is 1.47. The van der Waals surface area contributed by atoms with Gasteiger partial charge in [-0.2, -0.15) is 0 Å². The average molecular weight is 438 g/mol. The molecule has 0 spiro atoms. The number of nitrogens with zero attached hydrogens (tertiary/aromatic N) is 3. The number of aryl methyl sites for hydroxylation is 1. The van der Waals surface area contributed by atoms with Crippen LogP contribution in [0.3, 0.4) is 0 Å². The number of phenolic OH excluding ortho intramolecular Hbond substituents is 1. The summed E-state index contributed by atoms with van der Waals surface area (Å²) in [7, 11) is 4.71. The van der Waals surface area contributed by atoms with E-state index in [2.05, 4.69) is 15.5 Å². The highest BCUT2D eigenvalue weighted by molar-refractivity contribution is 5.79. The maximum atomic E-state index is 13.0. The van der Waals surface area contributed by atoms with Crippen LogP contribution in [0.4, 0.5) is 0 Å². The van der Waals surface area contributed by atoms with Crippen LogP contribution in [0.5, 0.6) is 23.0 Å². The summed E-state index contributed by atoms with van der Waals surface area (Å²) in [6.45, 7) is 0.798. The number of phenols is 1. The Kier molecular flexibility index (Phi) is 6.16. The molecule has 0 unspecified atom stereocenters. The average Bonchev–Trinajstić information content (AvgIpc) is 3.25. The summed E-state index contributed by atoms with van der Waals surface area (Å²) in [5, 5.41) is 21.1. The second-order valence-corrected chi connectivity index (χ2v) is 7.57. The summed E-state index contributed by atoms with van der Waals surface area (Å²) in [6.07, 6.45) is 1.37. The Morgan fingerprint density at radius 3 is 2.44 bits per heavy atom. The Hall–Kier alpha value is -3.75. The third-order valence-electron chi connectivity index (χ3n) is 5.68. The molecule has 0 fully saturated rings. The van der Waals surface area contributed by atoms with Crippen LogP contribution in [-0.4, -0.2) is 47.1 Å².